The number of benzene rings is 1. The van der Waals surface area contributed by atoms with Gasteiger partial charge in [-0.1, -0.05) is 25.0 Å². The lowest BCUT2D eigenvalue weighted by molar-refractivity contribution is -0.126. The SMILES string of the molecule is COc1ccc(C2(C(=O)NCCCC3C(C)NNC3C)CCCC2)cc1. The Morgan fingerprint density at radius 1 is 1.15 bits per heavy atom. The Labute approximate surface area is 157 Å². The molecule has 26 heavy (non-hydrogen) atoms. The Kier molecular flexibility index (Phi) is 6.20. The van der Waals surface area contributed by atoms with Crippen LogP contribution in [-0.4, -0.2) is 31.6 Å². The van der Waals surface area contributed by atoms with Crippen LogP contribution in [-0.2, 0) is 10.2 Å². The van der Waals surface area contributed by atoms with E-state index in [1.54, 1.807) is 7.11 Å². The topological polar surface area (TPSA) is 62.4 Å². The molecule has 1 aromatic carbocycles. The molecule has 0 radical (unpaired) electrons. The molecule has 1 amide bonds. The van der Waals surface area contributed by atoms with Crippen molar-refractivity contribution in [3.8, 4) is 5.75 Å². The molecule has 2 atom stereocenters. The average molecular weight is 360 g/mol. The Balaban J connectivity index is 1.57. The largest absolute Gasteiger partial charge is 0.497 e. The predicted octanol–water partition coefficient (Wildman–Crippen LogP) is 2.90. The fraction of sp³-hybridized carbons (Fsp3) is 0.667. The fourth-order valence-corrected chi connectivity index (χ4v) is 4.65. The first-order valence-corrected chi connectivity index (χ1v) is 10.0. The zero-order valence-electron chi connectivity index (χ0n) is 16.3. The van der Waals surface area contributed by atoms with Crippen LogP contribution in [0.1, 0.15) is 57.9 Å². The highest BCUT2D eigenvalue weighted by molar-refractivity contribution is 5.88. The van der Waals surface area contributed by atoms with E-state index < -0.39 is 0 Å². The Hall–Kier alpha value is -1.59. The Morgan fingerprint density at radius 2 is 1.77 bits per heavy atom. The summed E-state index contributed by atoms with van der Waals surface area (Å²) in [6.07, 6.45) is 6.26. The van der Waals surface area contributed by atoms with Crippen molar-refractivity contribution in [3.05, 3.63) is 29.8 Å². The first-order chi connectivity index (χ1) is 12.6. The van der Waals surface area contributed by atoms with Gasteiger partial charge in [-0.15, -0.1) is 0 Å². The Morgan fingerprint density at radius 3 is 2.35 bits per heavy atom. The summed E-state index contributed by atoms with van der Waals surface area (Å²) in [6, 6.07) is 9.02. The van der Waals surface area contributed by atoms with Gasteiger partial charge in [0.15, 0.2) is 0 Å². The van der Waals surface area contributed by atoms with Gasteiger partial charge in [0.05, 0.1) is 12.5 Å². The highest BCUT2D eigenvalue weighted by atomic mass is 16.5. The summed E-state index contributed by atoms with van der Waals surface area (Å²) in [5.74, 6) is 1.65. The minimum atomic E-state index is -0.358. The molecule has 1 aliphatic heterocycles. The minimum absolute atomic E-state index is 0.198. The number of methoxy groups -OCH3 is 1. The molecular formula is C21H33N3O2. The molecule has 1 heterocycles. The number of rotatable bonds is 7. The molecule has 0 spiro atoms. The zero-order valence-corrected chi connectivity index (χ0v) is 16.3. The van der Waals surface area contributed by atoms with E-state index in [2.05, 4.69) is 42.1 Å². The van der Waals surface area contributed by atoms with Gasteiger partial charge in [0.2, 0.25) is 5.91 Å². The third kappa shape index (κ3) is 3.89. The van der Waals surface area contributed by atoms with Crippen LogP contribution in [0.25, 0.3) is 0 Å². The van der Waals surface area contributed by atoms with E-state index >= 15 is 0 Å². The normalized spacial score (nSPS) is 27.4. The van der Waals surface area contributed by atoms with Crippen molar-refractivity contribution in [2.24, 2.45) is 5.92 Å². The van der Waals surface area contributed by atoms with Gasteiger partial charge < -0.3 is 10.1 Å². The number of amides is 1. The first kappa shape index (κ1) is 19.2. The molecule has 3 N–H and O–H groups in total. The van der Waals surface area contributed by atoms with E-state index in [1.165, 1.54) is 0 Å². The van der Waals surface area contributed by atoms with Crippen LogP contribution in [0, 0.1) is 5.92 Å². The van der Waals surface area contributed by atoms with Crippen LogP contribution in [0.15, 0.2) is 24.3 Å². The molecule has 0 bridgehead atoms. The summed E-state index contributed by atoms with van der Waals surface area (Å²) in [5.41, 5.74) is 7.37. The predicted molar refractivity (Wildman–Crippen MR) is 104 cm³/mol. The molecule has 2 unspecified atom stereocenters. The van der Waals surface area contributed by atoms with Crippen LogP contribution in [0.2, 0.25) is 0 Å². The molecular weight excluding hydrogens is 326 g/mol. The number of hydrogen-bond donors (Lipinski definition) is 3. The lowest BCUT2D eigenvalue weighted by Crippen LogP contribution is -2.43. The highest BCUT2D eigenvalue weighted by Crippen LogP contribution is 2.41. The lowest BCUT2D eigenvalue weighted by atomic mass is 9.78. The second-order valence-corrected chi connectivity index (χ2v) is 7.95. The maximum Gasteiger partial charge on any atom is 0.230 e. The van der Waals surface area contributed by atoms with Crippen molar-refractivity contribution < 1.29 is 9.53 Å². The van der Waals surface area contributed by atoms with Crippen LogP contribution < -0.4 is 20.9 Å². The molecule has 5 heteroatoms. The molecule has 144 valence electrons. The smallest absolute Gasteiger partial charge is 0.230 e. The van der Waals surface area contributed by atoms with E-state index in [9.17, 15) is 4.79 Å². The number of hydrogen-bond acceptors (Lipinski definition) is 4. The quantitative estimate of drug-likeness (QED) is 0.655. The van der Waals surface area contributed by atoms with Crippen LogP contribution in [0.4, 0.5) is 0 Å². The van der Waals surface area contributed by atoms with Crippen LogP contribution in [0.3, 0.4) is 0 Å². The lowest BCUT2D eigenvalue weighted by Gasteiger charge is -2.28. The van der Waals surface area contributed by atoms with E-state index in [0.29, 0.717) is 18.0 Å². The summed E-state index contributed by atoms with van der Waals surface area (Å²) in [5, 5.41) is 3.24. The third-order valence-corrected chi connectivity index (χ3v) is 6.36. The summed E-state index contributed by atoms with van der Waals surface area (Å²) in [7, 11) is 1.67. The van der Waals surface area contributed by atoms with Gasteiger partial charge in [0.25, 0.3) is 0 Å². The molecule has 2 fully saturated rings. The summed E-state index contributed by atoms with van der Waals surface area (Å²) in [6.45, 7) is 5.20. The van der Waals surface area contributed by atoms with Crippen LogP contribution >= 0.6 is 0 Å². The van der Waals surface area contributed by atoms with Crippen molar-refractivity contribution >= 4 is 5.91 Å². The zero-order chi connectivity index (χ0) is 18.6. The van der Waals surface area contributed by atoms with Gasteiger partial charge in [0, 0.05) is 18.6 Å². The second-order valence-electron chi connectivity index (χ2n) is 7.95. The molecule has 1 saturated carbocycles. The van der Waals surface area contributed by atoms with Crippen molar-refractivity contribution in [1.29, 1.82) is 0 Å². The van der Waals surface area contributed by atoms with Gasteiger partial charge >= 0.3 is 0 Å². The maximum atomic E-state index is 13.1. The van der Waals surface area contributed by atoms with Gasteiger partial charge in [-0.3, -0.25) is 15.6 Å². The molecule has 0 aromatic heterocycles. The average Bonchev–Trinajstić information content (AvgIpc) is 3.27. The molecule has 1 aromatic rings. The van der Waals surface area contributed by atoms with Crippen LogP contribution in [0.5, 0.6) is 5.75 Å². The van der Waals surface area contributed by atoms with Crippen molar-refractivity contribution in [2.45, 2.75) is 69.9 Å². The first-order valence-electron chi connectivity index (χ1n) is 10.0. The van der Waals surface area contributed by atoms with Gasteiger partial charge in [-0.05, 0) is 63.1 Å². The highest BCUT2D eigenvalue weighted by Gasteiger charge is 2.42. The summed E-state index contributed by atoms with van der Waals surface area (Å²) >= 11 is 0. The number of ether oxygens (including phenoxy) is 1. The standard InChI is InChI=1S/C21H33N3O2/c1-15-19(16(2)24-23-15)7-6-14-22-20(25)21(12-4-5-13-21)17-8-10-18(26-3)11-9-17/h8-11,15-16,19,23-24H,4-7,12-14H2,1-3H3,(H,22,25). The van der Waals surface area contributed by atoms with E-state index in [0.717, 1.165) is 56.4 Å². The Bertz CT molecular complexity index is 586. The summed E-state index contributed by atoms with van der Waals surface area (Å²) in [4.78, 5) is 13.1. The maximum absolute atomic E-state index is 13.1. The van der Waals surface area contributed by atoms with E-state index in [4.69, 9.17) is 4.74 Å². The number of carbonyl (C=O) groups is 1. The van der Waals surface area contributed by atoms with Gasteiger partial charge in [-0.2, -0.15) is 0 Å². The molecule has 1 aliphatic carbocycles. The number of hydrazine groups is 1. The molecule has 3 rings (SSSR count). The molecule has 1 saturated heterocycles. The monoisotopic (exact) mass is 359 g/mol. The summed E-state index contributed by atoms with van der Waals surface area (Å²) < 4.78 is 5.26. The second kappa shape index (κ2) is 8.40. The minimum Gasteiger partial charge on any atom is -0.497 e. The van der Waals surface area contributed by atoms with Crippen molar-refractivity contribution in [1.82, 2.24) is 16.2 Å². The van der Waals surface area contributed by atoms with E-state index in [-0.39, 0.29) is 11.3 Å². The fourth-order valence-electron chi connectivity index (χ4n) is 4.65. The molecule has 2 aliphatic rings. The number of carbonyl (C=O) groups excluding carboxylic acids is 1. The number of nitrogens with one attached hydrogen (secondary N) is 3. The van der Waals surface area contributed by atoms with Gasteiger partial charge in [-0.25, -0.2) is 0 Å². The van der Waals surface area contributed by atoms with E-state index in [1.807, 2.05) is 12.1 Å². The third-order valence-electron chi connectivity index (χ3n) is 6.36. The molecule has 5 nitrogen and oxygen atoms in total. The van der Waals surface area contributed by atoms with Gasteiger partial charge in [0.1, 0.15) is 5.75 Å². The van der Waals surface area contributed by atoms with Crippen molar-refractivity contribution in [2.75, 3.05) is 13.7 Å². The van der Waals surface area contributed by atoms with Crippen molar-refractivity contribution in [3.63, 3.8) is 0 Å².